The fraction of sp³-hybridized carbons (Fsp3) is 0.438. The molecular weight excluding hydrogens is 280 g/mol. The molecule has 2 amide bonds. The van der Waals surface area contributed by atoms with Gasteiger partial charge in [0.1, 0.15) is 5.82 Å². The first kappa shape index (κ1) is 14.6. The molecule has 2 N–H and O–H groups in total. The predicted octanol–water partition coefficient (Wildman–Crippen LogP) is 1.66. The summed E-state index contributed by atoms with van der Waals surface area (Å²) in [6.45, 7) is 6.79. The van der Waals surface area contributed by atoms with E-state index in [0.29, 0.717) is 12.2 Å². The summed E-state index contributed by atoms with van der Waals surface area (Å²) in [6.07, 6.45) is 4.17. The van der Waals surface area contributed by atoms with E-state index in [0.717, 1.165) is 37.3 Å². The molecule has 0 aliphatic carbocycles. The first-order chi connectivity index (χ1) is 10.5. The number of carbonyl (C=O) groups excluding carboxylic acids is 2. The quantitative estimate of drug-likeness (QED) is 0.871. The minimum absolute atomic E-state index is 0.0844. The molecule has 0 radical (unpaired) electrons. The Balaban J connectivity index is 1.71. The number of nitrogens with one attached hydrogen (secondary N) is 2. The van der Waals surface area contributed by atoms with Gasteiger partial charge in [0.25, 0.3) is 0 Å². The molecule has 2 aliphatic rings. The molecule has 6 heteroatoms. The van der Waals surface area contributed by atoms with E-state index in [-0.39, 0.29) is 17.2 Å². The van der Waals surface area contributed by atoms with Crippen LogP contribution in [0.3, 0.4) is 0 Å². The number of allylic oxidation sites excluding steroid dienone is 1. The van der Waals surface area contributed by atoms with Crippen LogP contribution in [0.15, 0.2) is 30.6 Å². The summed E-state index contributed by atoms with van der Waals surface area (Å²) in [5.74, 6) is 0.804. The van der Waals surface area contributed by atoms with Crippen molar-refractivity contribution in [1.82, 2.24) is 10.3 Å². The van der Waals surface area contributed by atoms with Crippen molar-refractivity contribution in [3.8, 4) is 0 Å². The molecule has 22 heavy (non-hydrogen) atoms. The van der Waals surface area contributed by atoms with Crippen molar-refractivity contribution in [3.05, 3.63) is 30.6 Å². The molecule has 0 saturated carbocycles. The van der Waals surface area contributed by atoms with Crippen LogP contribution in [-0.4, -0.2) is 29.9 Å². The predicted molar refractivity (Wildman–Crippen MR) is 84.3 cm³/mol. The average Bonchev–Trinajstić information content (AvgIpc) is 2.89. The fourth-order valence-corrected chi connectivity index (χ4v) is 3.17. The SMILES string of the molecule is C=C1CCC2(CCN(c3ccc(NC(C)=O)cn3)C2)C(=O)N1. The van der Waals surface area contributed by atoms with Crippen molar-refractivity contribution in [2.75, 3.05) is 23.3 Å². The van der Waals surface area contributed by atoms with Gasteiger partial charge in [0.2, 0.25) is 11.8 Å². The van der Waals surface area contributed by atoms with Crippen LogP contribution in [-0.2, 0) is 9.59 Å². The third-order valence-electron chi connectivity index (χ3n) is 4.42. The van der Waals surface area contributed by atoms with E-state index in [1.807, 2.05) is 12.1 Å². The molecule has 2 fully saturated rings. The number of nitrogens with zero attached hydrogens (tertiary/aromatic N) is 2. The van der Waals surface area contributed by atoms with Gasteiger partial charge in [-0.2, -0.15) is 0 Å². The average molecular weight is 300 g/mol. The highest BCUT2D eigenvalue weighted by Crippen LogP contribution is 2.40. The Morgan fingerprint density at radius 2 is 2.27 bits per heavy atom. The molecule has 0 aromatic carbocycles. The molecule has 116 valence electrons. The summed E-state index contributed by atoms with van der Waals surface area (Å²) in [4.78, 5) is 29.9. The zero-order valence-corrected chi connectivity index (χ0v) is 12.7. The lowest BCUT2D eigenvalue weighted by Gasteiger charge is -2.33. The van der Waals surface area contributed by atoms with Crippen molar-refractivity contribution in [1.29, 1.82) is 0 Å². The Morgan fingerprint density at radius 1 is 1.45 bits per heavy atom. The van der Waals surface area contributed by atoms with Crippen LogP contribution in [0.5, 0.6) is 0 Å². The number of aromatic nitrogens is 1. The molecule has 6 nitrogen and oxygen atoms in total. The Morgan fingerprint density at radius 3 is 2.91 bits per heavy atom. The maximum atomic E-state index is 12.3. The molecule has 1 aromatic rings. The van der Waals surface area contributed by atoms with Crippen LogP contribution in [0.1, 0.15) is 26.2 Å². The third-order valence-corrected chi connectivity index (χ3v) is 4.42. The lowest BCUT2D eigenvalue weighted by Crippen LogP contribution is -2.46. The number of carbonyl (C=O) groups is 2. The van der Waals surface area contributed by atoms with E-state index in [1.54, 1.807) is 6.20 Å². The van der Waals surface area contributed by atoms with E-state index in [1.165, 1.54) is 6.92 Å². The summed E-state index contributed by atoms with van der Waals surface area (Å²) in [6, 6.07) is 3.71. The minimum Gasteiger partial charge on any atom is -0.356 e. The summed E-state index contributed by atoms with van der Waals surface area (Å²) < 4.78 is 0. The molecule has 0 bridgehead atoms. The number of rotatable bonds is 2. The first-order valence-electron chi connectivity index (χ1n) is 7.46. The maximum Gasteiger partial charge on any atom is 0.232 e. The van der Waals surface area contributed by atoms with E-state index in [9.17, 15) is 9.59 Å². The lowest BCUT2D eigenvalue weighted by molar-refractivity contribution is -0.131. The van der Waals surface area contributed by atoms with Gasteiger partial charge in [-0.3, -0.25) is 9.59 Å². The van der Waals surface area contributed by atoms with Gasteiger partial charge >= 0.3 is 0 Å². The Bertz CT molecular complexity index is 626. The van der Waals surface area contributed by atoms with Crippen LogP contribution in [0.25, 0.3) is 0 Å². The molecule has 1 aromatic heterocycles. The molecule has 1 spiro atoms. The maximum absolute atomic E-state index is 12.3. The van der Waals surface area contributed by atoms with Crippen LogP contribution >= 0.6 is 0 Å². The topological polar surface area (TPSA) is 74.3 Å². The standard InChI is InChI=1S/C16H20N4O2/c1-11-5-6-16(15(22)18-11)7-8-20(10-16)14-4-3-13(9-17-14)19-12(2)21/h3-4,9H,1,5-8,10H2,2H3,(H,18,22)(H,19,21). The molecule has 1 atom stereocenters. The fourth-order valence-electron chi connectivity index (χ4n) is 3.17. The van der Waals surface area contributed by atoms with Crippen molar-refractivity contribution < 1.29 is 9.59 Å². The highest BCUT2D eigenvalue weighted by atomic mass is 16.2. The highest BCUT2D eigenvalue weighted by molar-refractivity contribution is 5.88. The van der Waals surface area contributed by atoms with E-state index < -0.39 is 0 Å². The molecule has 3 rings (SSSR count). The second kappa shape index (κ2) is 5.44. The second-order valence-corrected chi connectivity index (χ2v) is 6.10. The Kier molecular flexibility index (Phi) is 3.60. The zero-order chi connectivity index (χ0) is 15.7. The zero-order valence-electron chi connectivity index (χ0n) is 12.7. The van der Waals surface area contributed by atoms with Crippen molar-refractivity contribution in [3.63, 3.8) is 0 Å². The summed E-state index contributed by atoms with van der Waals surface area (Å²) in [5, 5.41) is 5.58. The Labute approximate surface area is 129 Å². The summed E-state index contributed by atoms with van der Waals surface area (Å²) in [7, 11) is 0. The minimum atomic E-state index is -0.320. The molecule has 2 saturated heterocycles. The number of pyridine rings is 1. The second-order valence-electron chi connectivity index (χ2n) is 6.10. The van der Waals surface area contributed by atoms with Crippen LogP contribution in [0.4, 0.5) is 11.5 Å². The van der Waals surface area contributed by atoms with Gasteiger partial charge in [-0.05, 0) is 31.4 Å². The number of amides is 2. The van der Waals surface area contributed by atoms with E-state index in [4.69, 9.17) is 0 Å². The van der Waals surface area contributed by atoms with Crippen LogP contribution < -0.4 is 15.5 Å². The van der Waals surface area contributed by atoms with Gasteiger partial charge in [0.15, 0.2) is 0 Å². The summed E-state index contributed by atoms with van der Waals surface area (Å²) >= 11 is 0. The monoisotopic (exact) mass is 300 g/mol. The van der Waals surface area contributed by atoms with E-state index in [2.05, 4.69) is 27.1 Å². The Hall–Kier alpha value is -2.37. The molecule has 3 heterocycles. The van der Waals surface area contributed by atoms with Gasteiger partial charge in [-0.25, -0.2) is 4.98 Å². The molecule has 2 aliphatic heterocycles. The van der Waals surface area contributed by atoms with Crippen molar-refractivity contribution >= 4 is 23.3 Å². The number of hydrogen-bond acceptors (Lipinski definition) is 4. The number of piperidine rings is 1. The summed E-state index contributed by atoms with van der Waals surface area (Å²) in [5.41, 5.74) is 1.17. The molecule has 1 unspecified atom stereocenters. The normalized spacial score (nSPS) is 24.5. The van der Waals surface area contributed by atoms with Crippen molar-refractivity contribution in [2.24, 2.45) is 5.41 Å². The smallest absolute Gasteiger partial charge is 0.232 e. The third kappa shape index (κ3) is 2.68. The number of anilines is 2. The lowest BCUT2D eigenvalue weighted by atomic mass is 9.78. The first-order valence-corrected chi connectivity index (χ1v) is 7.46. The van der Waals surface area contributed by atoms with Gasteiger partial charge in [-0.15, -0.1) is 0 Å². The number of hydrogen-bond donors (Lipinski definition) is 2. The molecular formula is C16H20N4O2. The van der Waals surface area contributed by atoms with Gasteiger partial charge in [0, 0.05) is 25.7 Å². The highest BCUT2D eigenvalue weighted by Gasteiger charge is 2.46. The van der Waals surface area contributed by atoms with Gasteiger partial charge in [0.05, 0.1) is 17.3 Å². The van der Waals surface area contributed by atoms with Gasteiger partial charge < -0.3 is 15.5 Å². The van der Waals surface area contributed by atoms with E-state index >= 15 is 0 Å². The van der Waals surface area contributed by atoms with Crippen LogP contribution in [0.2, 0.25) is 0 Å². The largest absolute Gasteiger partial charge is 0.356 e. The van der Waals surface area contributed by atoms with Gasteiger partial charge in [-0.1, -0.05) is 6.58 Å². The van der Waals surface area contributed by atoms with Crippen molar-refractivity contribution in [2.45, 2.75) is 26.2 Å². The van der Waals surface area contributed by atoms with Crippen LogP contribution in [0, 0.1) is 5.41 Å².